The van der Waals surface area contributed by atoms with Crippen LogP contribution in [0.5, 0.6) is 0 Å². The molecule has 2 aliphatic heterocycles. The molecule has 5 heteroatoms. The standard InChI is InChI=1S/C15H22N2OS.ClH/c16-12(11-19-15-4-2-1-3-5-15)6-7-17-9-14-8-13(17)10-18-14;/h1-5,12-14H,6-11,16H2;1H/t12-,13+,14+;/m1./s1. The highest BCUT2D eigenvalue weighted by Gasteiger charge is 2.38. The topological polar surface area (TPSA) is 38.5 Å². The maximum absolute atomic E-state index is 6.22. The number of likely N-dealkylation sites (tertiary alicyclic amines) is 1. The van der Waals surface area contributed by atoms with E-state index in [9.17, 15) is 0 Å². The summed E-state index contributed by atoms with van der Waals surface area (Å²) >= 11 is 1.86. The quantitative estimate of drug-likeness (QED) is 0.818. The van der Waals surface area contributed by atoms with E-state index in [0.29, 0.717) is 12.1 Å². The van der Waals surface area contributed by atoms with Gasteiger partial charge in [0.05, 0.1) is 12.7 Å². The lowest BCUT2D eigenvalue weighted by Crippen LogP contribution is -2.40. The number of hydrogen-bond acceptors (Lipinski definition) is 4. The number of nitrogens with two attached hydrogens (primary N) is 1. The summed E-state index contributed by atoms with van der Waals surface area (Å²) in [6, 6.07) is 11.4. The van der Waals surface area contributed by atoms with Crippen LogP contribution in [0.25, 0.3) is 0 Å². The zero-order valence-corrected chi connectivity index (χ0v) is 13.2. The molecule has 0 saturated carbocycles. The molecule has 3 rings (SSSR count). The van der Waals surface area contributed by atoms with Gasteiger partial charge in [-0.05, 0) is 25.0 Å². The Hall–Kier alpha value is -0.260. The van der Waals surface area contributed by atoms with Crippen molar-refractivity contribution in [2.45, 2.75) is 35.9 Å². The molecule has 2 bridgehead atoms. The summed E-state index contributed by atoms with van der Waals surface area (Å²) in [5.41, 5.74) is 6.22. The summed E-state index contributed by atoms with van der Waals surface area (Å²) < 4.78 is 5.62. The summed E-state index contributed by atoms with van der Waals surface area (Å²) in [6.07, 6.45) is 2.82. The molecular formula is C15H23ClN2OS. The molecule has 3 atom stereocenters. The van der Waals surface area contributed by atoms with Crippen LogP contribution >= 0.6 is 24.2 Å². The molecule has 1 aromatic rings. The van der Waals surface area contributed by atoms with Crippen LogP contribution in [0, 0.1) is 0 Å². The second kappa shape index (κ2) is 7.66. The summed E-state index contributed by atoms with van der Waals surface area (Å²) in [6.45, 7) is 3.17. The normalized spacial score (nSPS) is 26.4. The first kappa shape index (κ1) is 16.1. The zero-order valence-electron chi connectivity index (χ0n) is 11.6. The number of thioether (sulfide) groups is 1. The second-order valence-electron chi connectivity index (χ2n) is 5.51. The van der Waals surface area contributed by atoms with Crippen LogP contribution in [0.1, 0.15) is 12.8 Å². The molecule has 3 nitrogen and oxygen atoms in total. The maximum atomic E-state index is 6.22. The molecule has 0 amide bonds. The molecule has 1 aromatic carbocycles. The van der Waals surface area contributed by atoms with Crippen molar-refractivity contribution in [3.63, 3.8) is 0 Å². The molecule has 2 N–H and O–H groups in total. The number of halogens is 1. The van der Waals surface area contributed by atoms with Gasteiger partial charge in [0.1, 0.15) is 0 Å². The van der Waals surface area contributed by atoms with Gasteiger partial charge in [0.15, 0.2) is 0 Å². The Balaban J connectivity index is 0.00000147. The Morgan fingerprint density at radius 1 is 1.35 bits per heavy atom. The SMILES string of the molecule is Cl.N[C@H](CCN1C[C@@H]2C[C@H]1CO2)CSc1ccccc1. The van der Waals surface area contributed by atoms with Crippen LogP contribution in [-0.2, 0) is 4.74 Å². The number of nitrogens with zero attached hydrogens (tertiary/aromatic N) is 1. The third-order valence-electron chi connectivity index (χ3n) is 4.01. The maximum Gasteiger partial charge on any atom is 0.0718 e. The van der Waals surface area contributed by atoms with Gasteiger partial charge in [-0.15, -0.1) is 24.2 Å². The van der Waals surface area contributed by atoms with Crippen molar-refractivity contribution in [1.29, 1.82) is 0 Å². The number of rotatable bonds is 6. The highest BCUT2D eigenvalue weighted by atomic mass is 35.5. The van der Waals surface area contributed by atoms with Gasteiger partial charge in [-0.3, -0.25) is 4.90 Å². The van der Waals surface area contributed by atoms with E-state index in [1.165, 1.54) is 11.3 Å². The van der Waals surface area contributed by atoms with E-state index in [-0.39, 0.29) is 18.4 Å². The molecule has 112 valence electrons. The van der Waals surface area contributed by atoms with Crippen LogP contribution in [-0.4, -0.2) is 48.5 Å². The van der Waals surface area contributed by atoms with Gasteiger partial charge in [-0.1, -0.05) is 18.2 Å². The van der Waals surface area contributed by atoms with Crippen molar-refractivity contribution in [3.05, 3.63) is 30.3 Å². The first-order valence-electron chi connectivity index (χ1n) is 7.10. The van der Waals surface area contributed by atoms with Gasteiger partial charge in [-0.2, -0.15) is 0 Å². The van der Waals surface area contributed by atoms with Crippen LogP contribution in [0.2, 0.25) is 0 Å². The van der Waals surface area contributed by atoms with E-state index in [4.69, 9.17) is 10.5 Å². The molecule has 20 heavy (non-hydrogen) atoms. The summed E-state index contributed by atoms with van der Waals surface area (Å²) in [7, 11) is 0. The highest BCUT2D eigenvalue weighted by Crippen LogP contribution is 2.28. The molecule has 0 unspecified atom stereocenters. The predicted molar refractivity (Wildman–Crippen MR) is 86.7 cm³/mol. The number of morpholine rings is 1. The first-order chi connectivity index (χ1) is 9.31. The fourth-order valence-corrected chi connectivity index (χ4v) is 3.81. The number of fused-ring (bicyclic) bond motifs is 2. The van der Waals surface area contributed by atoms with Gasteiger partial charge < -0.3 is 10.5 Å². The van der Waals surface area contributed by atoms with Crippen LogP contribution in [0.3, 0.4) is 0 Å². The first-order valence-corrected chi connectivity index (χ1v) is 8.09. The molecule has 2 fully saturated rings. The third-order valence-corrected chi connectivity index (χ3v) is 5.21. The van der Waals surface area contributed by atoms with E-state index in [1.807, 2.05) is 11.8 Å². The lowest BCUT2D eigenvalue weighted by Gasteiger charge is -2.27. The average Bonchev–Trinajstić information content (AvgIpc) is 3.06. The Labute approximate surface area is 131 Å². The van der Waals surface area contributed by atoms with Crippen molar-refractivity contribution in [2.75, 3.05) is 25.4 Å². The van der Waals surface area contributed by atoms with E-state index in [1.54, 1.807) is 0 Å². The van der Waals surface area contributed by atoms with E-state index >= 15 is 0 Å². The predicted octanol–water partition coefficient (Wildman–Crippen LogP) is 2.39. The van der Waals surface area contributed by atoms with Crippen LogP contribution in [0.15, 0.2) is 35.2 Å². The molecule has 2 heterocycles. The average molecular weight is 315 g/mol. The molecule has 2 aliphatic rings. The molecule has 0 radical (unpaired) electrons. The van der Waals surface area contributed by atoms with Gasteiger partial charge in [0.25, 0.3) is 0 Å². The van der Waals surface area contributed by atoms with Crippen LogP contribution in [0.4, 0.5) is 0 Å². The van der Waals surface area contributed by atoms with Crippen molar-refractivity contribution in [2.24, 2.45) is 5.73 Å². The fraction of sp³-hybridized carbons (Fsp3) is 0.600. The highest BCUT2D eigenvalue weighted by molar-refractivity contribution is 7.99. The Bertz CT molecular complexity index is 406. The van der Waals surface area contributed by atoms with E-state index in [2.05, 4.69) is 35.2 Å². The molecule has 2 saturated heterocycles. The Morgan fingerprint density at radius 3 is 2.80 bits per heavy atom. The molecule has 0 aliphatic carbocycles. The monoisotopic (exact) mass is 314 g/mol. The molecule has 0 spiro atoms. The van der Waals surface area contributed by atoms with E-state index in [0.717, 1.165) is 31.9 Å². The van der Waals surface area contributed by atoms with Crippen molar-refractivity contribution < 1.29 is 4.74 Å². The summed E-state index contributed by atoms with van der Waals surface area (Å²) in [4.78, 5) is 3.87. The Kier molecular flexibility index (Phi) is 6.18. The largest absolute Gasteiger partial charge is 0.375 e. The number of hydrogen-bond donors (Lipinski definition) is 1. The smallest absolute Gasteiger partial charge is 0.0718 e. The minimum atomic E-state index is 0. The summed E-state index contributed by atoms with van der Waals surface area (Å²) in [5, 5.41) is 0. The van der Waals surface area contributed by atoms with Gasteiger partial charge in [-0.25, -0.2) is 0 Å². The van der Waals surface area contributed by atoms with Crippen molar-refractivity contribution in [1.82, 2.24) is 4.90 Å². The van der Waals surface area contributed by atoms with Gasteiger partial charge in [0, 0.05) is 35.8 Å². The lowest BCUT2D eigenvalue weighted by molar-refractivity contribution is 0.0298. The van der Waals surface area contributed by atoms with Crippen molar-refractivity contribution in [3.8, 4) is 0 Å². The van der Waals surface area contributed by atoms with Gasteiger partial charge in [0.2, 0.25) is 0 Å². The molecule has 0 aromatic heterocycles. The van der Waals surface area contributed by atoms with E-state index < -0.39 is 0 Å². The fourth-order valence-electron chi connectivity index (χ4n) is 2.89. The lowest BCUT2D eigenvalue weighted by atomic mass is 10.2. The minimum Gasteiger partial charge on any atom is -0.375 e. The second-order valence-corrected chi connectivity index (χ2v) is 6.61. The zero-order chi connectivity index (χ0) is 13.1. The number of benzene rings is 1. The van der Waals surface area contributed by atoms with Crippen LogP contribution < -0.4 is 5.73 Å². The summed E-state index contributed by atoms with van der Waals surface area (Å²) in [5.74, 6) is 1.00. The minimum absolute atomic E-state index is 0. The Morgan fingerprint density at radius 2 is 2.15 bits per heavy atom. The molecular weight excluding hydrogens is 292 g/mol. The van der Waals surface area contributed by atoms with Crippen molar-refractivity contribution >= 4 is 24.2 Å². The number of ether oxygens (including phenoxy) is 1. The van der Waals surface area contributed by atoms with Gasteiger partial charge >= 0.3 is 0 Å². The third kappa shape index (κ3) is 4.12.